The first kappa shape index (κ1) is 10.0. The van der Waals surface area contributed by atoms with Crippen molar-refractivity contribution in [2.24, 2.45) is 0 Å². The van der Waals surface area contributed by atoms with E-state index < -0.39 is 0 Å². The lowest BCUT2D eigenvalue weighted by Crippen LogP contribution is -2.35. The third kappa shape index (κ3) is 3.55. The van der Waals surface area contributed by atoms with Crippen LogP contribution >= 0.6 is 0 Å². The average molecular weight is 169 g/mol. The van der Waals surface area contributed by atoms with Gasteiger partial charge in [0.25, 0.3) is 0 Å². The summed E-state index contributed by atoms with van der Waals surface area (Å²) < 4.78 is 0. The van der Waals surface area contributed by atoms with Crippen LogP contribution in [-0.2, 0) is 0 Å². The second-order valence-corrected chi connectivity index (χ2v) is 3.61. The summed E-state index contributed by atoms with van der Waals surface area (Å²) in [5.41, 5.74) is 4.58. The SMILES string of the molecule is CCCCN([N]CCC)C1CC1. The monoisotopic (exact) mass is 169 g/mol. The Bertz CT molecular complexity index is 102. The van der Waals surface area contributed by atoms with Gasteiger partial charge in [-0.3, -0.25) is 0 Å². The zero-order chi connectivity index (χ0) is 8.81. The van der Waals surface area contributed by atoms with Crippen LogP contribution in [-0.4, -0.2) is 24.1 Å². The maximum atomic E-state index is 4.58. The molecule has 0 atom stereocenters. The summed E-state index contributed by atoms with van der Waals surface area (Å²) in [6.07, 6.45) is 6.50. The third-order valence-electron chi connectivity index (χ3n) is 2.21. The molecular weight excluding hydrogens is 148 g/mol. The highest BCUT2D eigenvalue weighted by Gasteiger charge is 2.28. The van der Waals surface area contributed by atoms with Gasteiger partial charge in [-0.1, -0.05) is 20.3 Å². The van der Waals surface area contributed by atoms with Crippen molar-refractivity contribution in [3.05, 3.63) is 0 Å². The van der Waals surface area contributed by atoms with Gasteiger partial charge < -0.3 is 0 Å². The molecule has 0 N–H and O–H groups in total. The van der Waals surface area contributed by atoms with Gasteiger partial charge in [-0.2, -0.15) is 5.43 Å². The molecule has 1 fully saturated rings. The fourth-order valence-electron chi connectivity index (χ4n) is 1.29. The summed E-state index contributed by atoms with van der Waals surface area (Å²) in [6.45, 7) is 6.63. The smallest absolute Gasteiger partial charge is 0.0304 e. The van der Waals surface area contributed by atoms with Crippen molar-refractivity contribution in [1.82, 2.24) is 10.4 Å². The Morgan fingerprint density at radius 1 is 1.25 bits per heavy atom. The van der Waals surface area contributed by atoms with Crippen molar-refractivity contribution in [2.45, 2.75) is 52.0 Å². The minimum Gasteiger partial charge on any atom is -0.224 e. The van der Waals surface area contributed by atoms with Crippen molar-refractivity contribution in [3.8, 4) is 0 Å². The van der Waals surface area contributed by atoms with E-state index in [-0.39, 0.29) is 0 Å². The lowest BCUT2D eigenvalue weighted by Gasteiger charge is -2.19. The summed E-state index contributed by atoms with van der Waals surface area (Å²) >= 11 is 0. The fourth-order valence-corrected chi connectivity index (χ4v) is 1.29. The number of unbranched alkanes of at least 4 members (excludes halogenated alkanes) is 1. The Labute approximate surface area is 76.3 Å². The van der Waals surface area contributed by atoms with Crippen molar-refractivity contribution in [1.29, 1.82) is 0 Å². The Kier molecular flexibility index (Phi) is 4.62. The molecule has 1 aliphatic carbocycles. The average Bonchev–Trinajstić information content (AvgIpc) is 2.88. The number of hydrogen-bond acceptors (Lipinski definition) is 1. The molecule has 0 bridgehead atoms. The Morgan fingerprint density at radius 3 is 2.50 bits per heavy atom. The normalized spacial score (nSPS) is 17.2. The van der Waals surface area contributed by atoms with Gasteiger partial charge in [0, 0.05) is 19.1 Å². The van der Waals surface area contributed by atoms with Crippen LogP contribution in [0.4, 0.5) is 0 Å². The molecule has 2 nitrogen and oxygen atoms in total. The van der Waals surface area contributed by atoms with E-state index in [1.807, 2.05) is 0 Å². The molecule has 0 aromatic rings. The molecule has 0 aromatic carbocycles. The van der Waals surface area contributed by atoms with Crippen molar-refractivity contribution in [3.63, 3.8) is 0 Å². The van der Waals surface area contributed by atoms with Gasteiger partial charge >= 0.3 is 0 Å². The van der Waals surface area contributed by atoms with Crippen LogP contribution in [0.5, 0.6) is 0 Å². The fraction of sp³-hybridized carbons (Fsp3) is 1.00. The molecular formula is C10H21N2. The van der Waals surface area contributed by atoms with Crippen LogP contribution in [0.3, 0.4) is 0 Å². The highest BCUT2D eigenvalue weighted by molar-refractivity contribution is 4.82. The van der Waals surface area contributed by atoms with Gasteiger partial charge in [-0.15, -0.1) is 0 Å². The Hall–Kier alpha value is -0.0800. The number of hydrogen-bond donors (Lipinski definition) is 0. The summed E-state index contributed by atoms with van der Waals surface area (Å²) in [7, 11) is 0. The van der Waals surface area contributed by atoms with Gasteiger partial charge in [0.2, 0.25) is 0 Å². The van der Waals surface area contributed by atoms with E-state index in [0.717, 1.165) is 12.6 Å². The van der Waals surface area contributed by atoms with Crippen LogP contribution in [0, 0.1) is 0 Å². The molecule has 12 heavy (non-hydrogen) atoms. The first-order valence-electron chi connectivity index (χ1n) is 5.32. The minimum absolute atomic E-state index is 0.808. The van der Waals surface area contributed by atoms with E-state index in [1.54, 1.807) is 0 Å². The topological polar surface area (TPSA) is 17.3 Å². The lowest BCUT2D eigenvalue weighted by molar-refractivity contribution is 0.167. The van der Waals surface area contributed by atoms with Crippen LogP contribution < -0.4 is 5.43 Å². The Balaban J connectivity index is 2.09. The highest BCUT2D eigenvalue weighted by atomic mass is 15.5. The first-order valence-corrected chi connectivity index (χ1v) is 5.32. The predicted octanol–water partition coefficient (Wildman–Crippen LogP) is 2.18. The summed E-state index contributed by atoms with van der Waals surface area (Å²) in [6, 6.07) is 0.808. The standard InChI is InChI=1S/C10H21N2/c1-3-5-9-12(10-6-7-10)11-8-4-2/h10H,3-9H2,1-2H3. The van der Waals surface area contributed by atoms with E-state index in [1.165, 1.54) is 38.6 Å². The molecule has 0 spiro atoms. The van der Waals surface area contributed by atoms with E-state index in [9.17, 15) is 0 Å². The second-order valence-electron chi connectivity index (χ2n) is 3.61. The molecule has 0 aromatic heterocycles. The minimum atomic E-state index is 0.808. The third-order valence-corrected chi connectivity index (χ3v) is 2.21. The van der Waals surface area contributed by atoms with Crippen LogP contribution in [0.2, 0.25) is 0 Å². The van der Waals surface area contributed by atoms with Crippen LogP contribution in [0.25, 0.3) is 0 Å². The maximum absolute atomic E-state index is 4.58. The molecule has 0 aliphatic heterocycles. The van der Waals surface area contributed by atoms with Gasteiger partial charge in [-0.25, -0.2) is 5.01 Å². The van der Waals surface area contributed by atoms with E-state index >= 15 is 0 Å². The van der Waals surface area contributed by atoms with Gasteiger partial charge in [0.1, 0.15) is 0 Å². The van der Waals surface area contributed by atoms with E-state index in [0.29, 0.717) is 0 Å². The lowest BCUT2D eigenvalue weighted by atomic mass is 10.3. The van der Waals surface area contributed by atoms with Gasteiger partial charge in [-0.05, 0) is 25.7 Å². The highest BCUT2D eigenvalue weighted by Crippen LogP contribution is 2.25. The summed E-state index contributed by atoms with van der Waals surface area (Å²) in [5, 5.41) is 2.33. The quantitative estimate of drug-likeness (QED) is 0.534. The first-order chi connectivity index (χ1) is 5.88. The molecule has 0 saturated heterocycles. The van der Waals surface area contributed by atoms with Crippen LogP contribution in [0.15, 0.2) is 0 Å². The second kappa shape index (κ2) is 5.55. The van der Waals surface area contributed by atoms with Gasteiger partial charge in [0.15, 0.2) is 0 Å². The summed E-state index contributed by atoms with van der Waals surface area (Å²) in [4.78, 5) is 0. The molecule has 0 unspecified atom stereocenters. The molecule has 2 heteroatoms. The molecule has 71 valence electrons. The largest absolute Gasteiger partial charge is 0.224 e. The molecule has 1 radical (unpaired) electrons. The zero-order valence-electron chi connectivity index (χ0n) is 8.42. The number of nitrogens with zero attached hydrogens (tertiary/aromatic N) is 2. The van der Waals surface area contributed by atoms with E-state index in [2.05, 4.69) is 24.3 Å². The molecule has 0 amide bonds. The molecule has 1 rings (SSSR count). The Morgan fingerprint density at radius 2 is 2.00 bits per heavy atom. The molecule has 1 aliphatic rings. The summed E-state index contributed by atoms with van der Waals surface area (Å²) in [5.74, 6) is 0. The van der Waals surface area contributed by atoms with Crippen molar-refractivity contribution >= 4 is 0 Å². The molecule has 1 saturated carbocycles. The predicted molar refractivity (Wildman–Crippen MR) is 51.9 cm³/mol. The zero-order valence-corrected chi connectivity index (χ0v) is 8.42. The maximum Gasteiger partial charge on any atom is 0.0304 e. The van der Waals surface area contributed by atoms with E-state index in [4.69, 9.17) is 0 Å². The number of rotatable bonds is 7. The van der Waals surface area contributed by atoms with Crippen molar-refractivity contribution in [2.75, 3.05) is 13.1 Å². The van der Waals surface area contributed by atoms with Crippen molar-refractivity contribution < 1.29 is 0 Å². The molecule has 0 heterocycles. The van der Waals surface area contributed by atoms with Gasteiger partial charge in [0.05, 0.1) is 0 Å². The van der Waals surface area contributed by atoms with Crippen LogP contribution in [0.1, 0.15) is 46.0 Å².